The van der Waals surface area contributed by atoms with Crippen molar-refractivity contribution in [3.8, 4) is 0 Å². The maximum absolute atomic E-state index is 10.8. The lowest BCUT2D eigenvalue weighted by molar-refractivity contribution is -0.118. The molecule has 1 fully saturated rings. The van der Waals surface area contributed by atoms with Crippen LogP contribution >= 0.6 is 0 Å². The van der Waals surface area contributed by atoms with Crippen LogP contribution in [-0.4, -0.2) is 24.1 Å². The third-order valence-corrected chi connectivity index (χ3v) is 4.69. The molecular formula is C18H28N2O2. The van der Waals surface area contributed by atoms with Gasteiger partial charge in [0, 0.05) is 25.2 Å². The van der Waals surface area contributed by atoms with Gasteiger partial charge in [0.2, 0.25) is 5.91 Å². The number of carbonyl (C=O) groups is 1. The van der Waals surface area contributed by atoms with Crippen LogP contribution in [0.2, 0.25) is 0 Å². The number of rotatable bonds is 7. The Morgan fingerprint density at radius 3 is 2.77 bits per heavy atom. The number of anilines is 1. The number of nitrogens with zero attached hydrogens (tertiary/aromatic N) is 1. The van der Waals surface area contributed by atoms with Crippen molar-refractivity contribution in [2.45, 2.75) is 63.5 Å². The summed E-state index contributed by atoms with van der Waals surface area (Å²) in [6.07, 6.45) is 7.47. The third-order valence-electron chi connectivity index (χ3n) is 4.69. The minimum atomic E-state index is -0.529. The molecule has 0 aliphatic heterocycles. The Morgan fingerprint density at radius 1 is 1.36 bits per heavy atom. The predicted octanol–water partition coefficient (Wildman–Crippen LogP) is 3.14. The molecule has 22 heavy (non-hydrogen) atoms. The molecule has 0 bridgehead atoms. The average molecular weight is 304 g/mol. The highest BCUT2D eigenvalue weighted by Gasteiger charge is 2.19. The van der Waals surface area contributed by atoms with Crippen molar-refractivity contribution in [1.29, 1.82) is 0 Å². The first-order chi connectivity index (χ1) is 10.6. The SMILES string of the molecule is CN(c1cccc(C(O)CCCC(N)=O)c1)C1CCCCC1. The van der Waals surface area contributed by atoms with Gasteiger partial charge in [0.15, 0.2) is 0 Å². The van der Waals surface area contributed by atoms with Crippen molar-refractivity contribution >= 4 is 11.6 Å². The van der Waals surface area contributed by atoms with E-state index in [0.717, 1.165) is 5.56 Å². The molecule has 1 saturated carbocycles. The van der Waals surface area contributed by atoms with E-state index in [0.29, 0.717) is 25.3 Å². The number of benzene rings is 1. The number of nitrogens with two attached hydrogens (primary N) is 1. The minimum absolute atomic E-state index is 0.307. The molecule has 0 aromatic heterocycles. The van der Waals surface area contributed by atoms with E-state index in [1.807, 2.05) is 12.1 Å². The molecule has 4 nitrogen and oxygen atoms in total. The monoisotopic (exact) mass is 304 g/mol. The molecule has 1 atom stereocenters. The van der Waals surface area contributed by atoms with Crippen LogP contribution in [0.4, 0.5) is 5.69 Å². The van der Waals surface area contributed by atoms with Gasteiger partial charge in [0.05, 0.1) is 6.10 Å². The number of carbonyl (C=O) groups excluding carboxylic acids is 1. The minimum Gasteiger partial charge on any atom is -0.388 e. The van der Waals surface area contributed by atoms with Gasteiger partial charge in [-0.1, -0.05) is 31.4 Å². The van der Waals surface area contributed by atoms with Crippen molar-refractivity contribution in [3.63, 3.8) is 0 Å². The number of amides is 1. The lowest BCUT2D eigenvalue weighted by Gasteiger charge is -2.33. The summed E-state index contributed by atoms with van der Waals surface area (Å²) in [4.78, 5) is 13.1. The molecule has 1 unspecified atom stereocenters. The summed E-state index contributed by atoms with van der Waals surface area (Å²) in [6, 6.07) is 8.74. The topological polar surface area (TPSA) is 66.6 Å². The van der Waals surface area contributed by atoms with Crippen LogP contribution in [0.3, 0.4) is 0 Å². The molecule has 0 radical (unpaired) electrons. The number of hydrogen-bond acceptors (Lipinski definition) is 3. The first-order valence-corrected chi connectivity index (χ1v) is 8.37. The van der Waals surface area contributed by atoms with E-state index >= 15 is 0 Å². The molecule has 1 aromatic rings. The van der Waals surface area contributed by atoms with E-state index in [2.05, 4.69) is 24.1 Å². The lowest BCUT2D eigenvalue weighted by Crippen LogP contribution is -2.33. The van der Waals surface area contributed by atoms with E-state index in [1.165, 1.54) is 37.8 Å². The van der Waals surface area contributed by atoms with E-state index in [9.17, 15) is 9.90 Å². The Hall–Kier alpha value is -1.55. The highest BCUT2D eigenvalue weighted by molar-refractivity contribution is 5.73. The van der Waals surface area contributed by atoms with E-state index in [1.54, 1.807) is 0 Å². The molecule has 0 heterocycles. The zero-order chi connectivity index (χ0) is 15.9. The molecule has 4 heteroatoms. The van der Waals surface area contributed by atoms with Gasteiger partial charge in [-0.15, -0.1) is 0 Å². The zero-order valence-corrected chi connectivity index (χ0v) is 13.5. The second-order valence-corrected chi connectivity index (χ2v) is 6.37. The summed E-state index contributed by atoms with van der Waals surface area (Å²) in [5.74, 6) is -0.307. The number of primary amides is 1. The van der Waals surface area contributed by atoms with Crippen molar-refractivity contribution in [3.05, 3.63) is 29.8 Å². The van der Waals surface area contributed by atoms with Crippen molar-refractivity contribution in [2.24, 2.45) is 5.73 Å². The maximum Gasteiger partial charge on any atom is 0.217 e. The van der Waals surface area contributed by atoms with Gasteiger partial charge < -0.3 is 15.7 Å². The maximum atomic E-state index is 10.8. The van der Waals surface area contributed by atoms with Crippen molar-refractivity contribution < 1.29 is 9.90 Å². The average Bonchev–Trinajstić information content (AvgIpc) is 2.54. The summed E-state index contributed by atoms with van der Waals surface area (Å²) in [6.45, 7) is 0. The Morgan fingerprint density at radius 2 is 2.09 bits per heavy atom. The van der Waals surface area contributed by atoms with Crippen LogP contribution < -0.4 is 10.6 Å². The summed E-state index contributed by atoms with van der Waals surface area (Å²) in [5.41, 5.74) is 7.22. The molecule has 2 rings (SSSR count). The highest BCUT2D eigenvalue weighted by Crippen LogP contribution is 2.28. The van der Waals surface area contributed by atoms with Crippen LogP contribution in [0.5, 0.6) is 0 Å². The largest absolute Gasteiger partial charge is 0.388 e. The number of aliphatic hydroxyl groups excluding tert-OH is 1. The summed E-state index contributed by atoms with van der Waals surface area (Å²) >= 11 is 0. The molecule has 0 spiro atoms. The Kier molecular flexibility index (Phi) is 6.25. The van der Waals surface area contributed by atoms with Crippen LogP contribution in [0, 0.1) is 0 Å². The Labute approximate surface area is 133 Å². The van der Waals surface area contributed by atoms with Gasteiger partial charge in [-0.25, -0.2) is 0 Å². The summed E-state index contributed by atoms with van der Waals surface area (Å²) in [7, 11) is 2.15. The fourth-order valence-electron chi connectivity index (χ4n) is 3.27. The fraction of sp³-hybridized carbons (Fsp3) is 0.611. The molecule has 1 aliphatic carbocycles. The van der Waals surface area contributed by atoms with Gasteiger partial charge in [0.25, 0.3) is 0 Å². The Bertz CT molecular complexity index is 484. The smallest absolute Gasteiger partial charge is 0.217 e. The van der Waals surface area contributed by atoms with Gasteiger partial charge in [-0.05, 0) is 43.4 Å². The molecule has 1 amide bonds. The molecule has 3 N–H and O–H groups in total. The quantitative estimate of drug-likeness (QED) is 0.813. The molecule has 0 saturated heterocycles. The second-order valence-electron chi connectivity index (χ2n) is 6.37. The normalized spacial score (nSPS) is 17.2. The van der Waals surface area contributed by atoms with E-state index < -0.39 is 6.10 Å². The second kappa shape index (κ2) is 8.18. The number of hydrogen-bond donors (Lipinski definition) is 2. The molecule has 1 aromatic carbocycles. The van der Waals surface area contributed by atoms with Crippen LogP contribution in [0.15, 0.2) is 24.3 Å². The first-order valence-electron chi connectivity index (χ1n) is 8.37. The van der Waals surface area contributed by atoms with Crippen molar-refractivity contribution in [2.75, 3.05) is 11.9 Å². The van der Waals surface area contributed by atoms with Crippen LogP contribution in [0.1, 0.15) is 63.0 Å². The van der Waals surface area contributed by atoms with Crippen LogP contribution in [0.25, 0.3) is 0 Å². The van der Waals surface area contributed by atoms with Crippen molar-refractivity contribution in [1.82, 2.24) is 0 Å². The predicted molar refractivity (Wildman–Crippen MR) is 89.7 cm³/mol. The fourth-order valence-corrected chi connectivity index (χ4v) is 3.27. The summed E-state index contributed by atoms with van der Waals surface area (Å²) < 4.78 is 0. The van der Waals surface area contributed by atoms with Gasteiger partial charge >= 0.3 is 0 Å². The standard InChI is InChI=1S/C18H28N2O2/c1-20(15-8-3-2-4-9-15)16-10-5-7-14(13-16)17(21)11-6-12-18(19)22/h5,7,10,13,15,17,21H,2-4,6,8-9,11-12H2,1H3,(H2,19,22). The molecule has 1 aliphatic rings. The molecule has 122 valence electrons. The van der Waals surface area contributed by atoms with Gasteiger partial charge in [-0.2, -0.15) is 0 Å². The van der Waals surface area contributed by atoms with E-state index in [4.69, 9.17) is 5.73 Å². The van der Waals surface area contributed by atoms with Gasteiger partial charge in [0.1, 0.15) is 0 Å². The summed E-state index contributed by atoms with van der Waals surface area (Å²) in [5, 5.41) is 10.3. The number of aliphatic hydroxyl groups is 1. The highest BCUT2D eigenvalue weighted by atomic mass is 16.3. The first kappa shape index (κ1) is 16.8. The lowest BCUT2D eigenvalue weighted by atomic mass is 9.94. The zero-order valence-electron chi connectivity index (χ0n) is 13.5. The van der Waals surface area contributed by atoms with Gasteiger partial charge in [-0.3, -0.25) is 4.79 Å². The van der Waals surface area contributed by atoms with Crippen LogP contribution in [-0.2, 0) is 4.79 Å². The Balaban J connectivity index is 1.97. The third kappa shape index (κ3) is 4.73. The molecular weight excluding hydrogens is 276 g/mol. The van der Waals surface area contributed by atoms with E-state index in [-0.39, 0.29) is 5.91 Å².